The van der Waals surface area contributed by atoms with Crippen molar-refractivity contribution in [2.24, 2.45) is 0 Å². The molecule has 0 unspecified atom stereocenters. The van der Waals surface area contributed by atoms with Crippen molar-refractivity contribution in [3.8, 4) is 0 Å². The SMILES string of the molecule is CC(C)(C)c1ccc(I(O[N+](=O)[O-])c2ccc(I(O[N+](=O)[O-])c3ccccc3)cc2)cc1. The Balaban J connectivity index is 1.93. The molecule has 0 N–H and O–H groups in total. The third kappa shape index (κ3) is 6.28. The Morgan fingerprint density at radius 2 is 0.969 bits per heavy atom. The first-order chi connectivity index (χ1) is 15.1. The molecule has 0 saturated carbocycles. The van der Waals surface area contributed by atoms with Crippen LogP contribution >= 0.6 is 40.5 Å². The Morgan fingerprint density at radius 3 is 1.31 bits per heavy atom. The molecule has 0 atom stereocenters. The van der Waals surface area contributed by atoms with Crippen LogP contribution in [0.2, 0.25) is 0 Å². The van der Waals surface area contributed by atoms with E-state index in [0.717, 1.165) is 19.8 Å². The van der Waals surface area contributed by atoms with Crippen LogP contribution in [0.4, 0.5) is 0 Å². The number of benzene rings is 3. The Morgan fingerprint density at radius 1 is 0.625 bits per heavy atom. The first kappa shape index (κ1) is 24.2. The zero-order valence-electron chi connectivity index (χ0n) is 17.6. The van der Waals surface area contributed by atoms with Gasteiger partial charge in [-0.05, 0) is 0 Å². The zero-order valence-corrected chi connectivity index (χ0v) is 21.9. The van der Waals surface area contributed by atoms with Crippen molar-refractivity contribution < 1.29 is 16.5 Å². The van der Waals surface area contributed by atoms with E-state index in [1.165, 1.54) is 0 Å². The Bertz CT molecular complexity index is 1070. The first-order valence-corrected chi connectivity index (χ1v) is 15.5. The van der Waals surface area contributed by atoms with Gasteiger partial charge in [-0.2, -0.15) is 0 Å². The second-order valence-corrected chi connectivity index (χ2v) is 16.2. The van der Waals surface area contributed by atoms with Gasteiger partial charge in [-0.3, -0.25) is 0 Å². The average molecular weight is 664 g/mol. The molecule has 0 bridgehead atoms. The number of nitrogens with zero attached hydrogens (tertiary/aromatic N) is 2. The third-order valence-electron chi connectivity index (χ3n) is 4.29. The Hall–Kier alpha value is -2.48. The maximum atomic E-state index is 11.2. The molecule has 0 amide bonds. The fraction of sp³-hybridized carbons (Fsp3) is 0.182. The van der Waals surface area contributed by atoms with E-state index in [1.54, 1.807) is 24.3 Å². The van der Waals surface area contributed by atoms with E-state index in [0.29, 0.717) is 0 Å². The van der Waals surface area contributed by atoms with Gasteiger partial charge in [0, 0.05) is 0 Å². The summed E-state index contributed by atoms with van der Waals surface area (Å²) in [6.07, 6.45) is 0. The number of hydrogen-bond acceptors (Lipinski definition) is 6. The second kappa shape index (κ2) is 10.4. The van der Waals surface area contributed by atoms with Crippen LogP contribution in [-0.4, -0.2) is 10.2 Å². The molecular weight excluding hydrogens is 642 g/mol. The molecule has 10 heteroatoms. The van der Waals surface area contributed by atoms with Gasteiger partial charge in [0.05, 0.1) is 0 Å². The standard InChI is InChI=1S/C22H22I2N2O6/c1-22(2,3)17-9-11-19(12-10-17)24(32-26(29)30)21-15-13-20(14-16-21)23(31-25(27)28)18-7-5-4-6-8-18/h4-16H,1-3H3. The van der Waals surface area contributed by atoms with Crippen LogP contribution in [-0.2, 0) is 11.7 Å². The van der Waals surface area contributed by atoms with Gasteiger partial charge in [0.2, 0.25) is 0 Å². The predicted octanol–water partition coefficient (Wildman–Crippen LogP) is 6.32. The molecule has 0 aliphatic heterocycles. The zero-order chi connectivity index (χ0) is 23.3. The van der Waals surface area contributed by atoms with Gasteiger partial charge in [-0.1, -0.05) is 0 Å². The maximum absolute atomic E-state index is 11.2. The van der Waals surface area contributed by atoms with Crippen molar-refractivity contribution in [1.29, 1.82) is 0 Å². The van der Waals surface area contributed by atoms with E-state index in [4.69, 9.17) is 6.33 Å². The van der Waals surface area contributed by atoms with Crippen LogP contribution in [0.3, 0.4) is 0 Å². The fourth-order valence-corrected chi connectivity index (χ4v) is 9.87. The van der Waals surface area contributed by atoms with Crippen LogP contribution < -0.4 is 0 Å². The van der Waals surface area contributed by atoms with E-state index in [1.807, 2.05) is 54.6 Å². The summed E-state index contributed by atoms with van der Waals surface area (Å²) in [5.74, 6) is 0. The van der Waals surface area contributed by atoms with Crippen LogP contribution in [0.15, 0.2) is 78.9 Å². The Kier molecular flexibility index (Phi) is 7.87. The summed E-state index contributed by atoms with van der Waals surface area (Å²) in [5.41, 5.74) is 1.10. The van der Waals surface area contributed by atoms with Crippen molar-refractivity contribution in [2.75, 3.05) is 0 Å². The van der Waals surface area contributed by atoms with Crippen LogP contribution in [0.25, 0.3) is 0 Å². The van der Waals surface area contributed by atoms with E-state index in [-0.39, 0.29) is 5.41 Å². The molecule has 32 heavy (non-hydrogen) atoms. The van der Waals surface area contributed by atoms with Gasteiger partial charge in [-0.15, -0.1) is 0 Å². The van der Waals surface area contributed by atoms with Gasteiger partial charge in [0.1, 0.15) is 0 Å². The van der Waals surface area contributed by atoms with Crippen molar-refractivity contribution in [1.82, 2.24) is 0 Å². The molecule has 0 fully saturated rings. The number of hydrogen-bond donors (Lipinski definition) is 0. The van der Waals surface area contributed by atoms with Gasteiger partial charge in [-0.25, -0.2) is 0 Å². The summed E-state index contributed by atoms with van der Waals surface area (Å²) < 4.78 is 13.3. The van der Waals surface area contributed by atoms with E-state index in [9.17, 15) is 20.2 Å². The van der Waals surface area contributed by atoms with E-state index >= 15 is 0 Å². The van der Waals surface area contributed by atoms with Crippen molar-refractivity contribution in [2.45, 2.75) is 26.2 Å². The molecule has 3 aromatic carbocycles. The van der Waals surface area contributed by atoms with Crippen LogP contribution in [0, 0.1) is 34.5 Å². The van der Waals surface area contributed by atoms with Crippen molar-refractivity contribution >= 4 is 40.5 Å². The Labute approximate surface area is 201 Å². The molecule has 3 rings (SSSR count). The van der Waals surface area contributed by atoms with Gasteiger partial charge in [0.15, 0.2) is 0 Å². The summed E-state index contributed by atoms with van der Waals surface area (Å²) in [6.45, 7) is 6.31. The predicted molar refractivity (Wildman–Crippen MR) is 137 cm³/mol. The monoisotopic (exact) mass is 664 g/mol. The molecule has 0 radical (unpaired) electrons. The van der Waals surface area contributed by atoms with Gasteiger partial charge < -0.3 is 0 Å². The van der Waals surface area contributed by atoms with E-state index in [2.05, 4.69) is 20.8 Å². The molecule has 0 saturated heterocycles. The molecule has 3 aromatic rings. The number of rotatable bonds is 8. The summed E-state index contributed by atoms with van der Waals surface area (Å²) in [5, 5.41) is 20.8. The molecular formula is C22H22I2N2O6. The average Bonchev–Trinajstić information content (AvgIpc) is 2.76. The normalized spacial score (nSPS) is 12.0. The molecule has 0 aliphatic carbocycles. The summed E-state index contributed by atoms with van der Waals surface area (Å²) in [7, 11) is 0. The summed E-state index contributed by atoms with van der Waals surface area (Å²) in [6, 6.07) is 23.9. The minimum absolute atomic E-state index is 0.0299. The fourth-order valence-electron chi connectivity index (χ4n) is 2.78. The molecule has 170 valence electrons. The topological polar surface area (TPSA) is 105 Å². The molecule has 0 spiro atoms. The molecule has 0 heterocycles. The van der Waals surface area contributed by atoms with Crippen LogP contribution in [0.5, 0.6) is 0 Å². The van der Waals surface area contributed by atoms with Gasteiger partial charge >= 0.3 is 202 Å². The third-order valence-corrected chi connectivity index (χ3v) is 13.1. The molecule has 8 nitrogen and oxygen atoms in total. The molecule has 0 aliphatic rings. The first-order valence-electron chi connectivity index (χ1n) is 9.46. The molecule has 0 aromatic heterocycles. The summed E-state index contributed by atoms with van der Waals surface area (Å²) >= 11 is -5.56. The van der Waals surface area contributed by atoms with Crippen molar-refractivity contribution in [3.05, 3.63) is 119 Å². The second-order valence-electron chi connectivity index (χ2n) is 7.57. The van der Waals surface area contributed by atoms with Gasteiger partial charge in [0.25, 0.3) is 0 Å². The summed E-state index contributed by atoms with van der Waals surface area (Å²) in [4.78, 5) is 22.3. The van der Waals surface area contributed by atoms with Crippen molar-refractivity contribution in [3.63, 3.8) is 0 Å². The quantitative estimate of drug-likeness (QED) is 0.159. The van der Waals surface area contributed by atoms with E-state index < -0.39 is 50.6 Å². The minimum atomic E-state index is -2.81. The van der Waals surface area contributed by atoms with Crippen LogP contribution in [0.1, 0.15) is 26.3 Å². The number of halogens is 2.